The van der Waals surface area contributed by atoms with Crippen molar-refractivity contribution < 1.29 is 19.4 Å². The molecule has 2 aliphatic heterocycles. The monoisotopic (exact) mass is 443 g/mol. The number of aromatic amines is 1. The molecule has 7 nitrogen and oxygen atoms in total. The number of carbonyl (C=O) groups excluding carboxylic acids is 2. The minimum Gasteiger partial charge on any atom is -0.497 e. The maximum Gasteiger partial charge on any atom is 0.246 e. The molecule has 2 aromatic rings. The van der Waals surface area contributed by atoms with E-state index in [1.807, 2.05) is 32.0 Å². The Balaban J connectivity index is 0.00000141. The normalized spacial score (nSPS) is 22.8. The molecule has 32 heavy (non-hydrogen) atoms. The third-order valence-corrected chi connectivity index (χ3v) is 6.12. The molecule has 1 aromatic heterocycles. The molecule has 4 rings (SSSR count). The van der Waals surface area contributed by atoms with Crippen LogP contribution in [0.4, 0.5) is 0 Å². The second-order valence-corrected chi connectivity index (χ2v) is 9.62. The summed E-state index contributed by atoms with van der Waals surface area (Å²) in [7, 11) is 1.64. The predicted octanol–water partition coefficient (Wildman–Crippen LogP) is 3.70. The summed E-state index contributed by atoms with van der Waals surface area (Å²) in [5.41, 5.74) is 2.01. The number of carbonyl (C=O) groups is 2. The number of methoxy groups -OCH3 is 1. The van der Waals surface area contributed by atoms with E-state index in [1.165, 1.54) is 0 Å². The number of aromatic nitrogens is 1. The molecule has 0 saturated carbocycles. The Kier molecular flexibility index (Phi) is 6.89. The van der Waals surface area contributed by atoms with Crippen molar-refractivity contribution in [1.82, 2.24) is 15.2 Å². The van der Waals surface area contributed by atoms with E-state index in [-0.39, 0.29) is 24.3 Å². The van der Waals surface area contributed by atoms with Gasteiger partial charge in [0.1, 0.15) is 17.8 Å². The van der Waals surface area contributed by atoms with Gasteiger partial charge < -0.3 is 25.0 Å². The van der Waals surface area contributed by atoms with Gasteiger partial charge >= 0.3 is 0 Å². The lowest BCUT2D eigenvalue weighted by Crippen LogP contribution is -2.66. The number of fused-ring (bicyclic) bond motifs is 4. The molecular weight excluding hydrogens is 406 g/mol. The highest BCUT2D eigenvalue weighted by Crippen LogP contribution is 2.42. The summed E-state index contributed by atoms with van der Waals surface area (Å²) in [6.45, 7) is 11.6. The van der Waals surface area contributed by atoms with Crippen LogP contribution in [0.3, 0.4) is 0 Å². The Labute approximate surface area is 190 Å². The fourth-order valence-corrected chi connectivity index (χ4v) is 4.89. The molecule has 0 radical (unpaired) electrons. The van der Waals surface area contributed by atoms with Crippen molar-refractivity contribution in [2.24, 2.45) is 5.92 Å². The minimum absolute atomic E-state index is 0.116. The van der Waals surface area contributed by atoms with Crippen LogP contribution >= 0.6 is 0 Å². The van der Waals surface area contributed by atoms with Gasteiger partial charge in [-0.1, -0.05) is 27.7 Å². The topological polar surface area (TPSA) is 94.7 Å². The van der Waals surface area contributed by atoms with E-state index in [0.29, 0.717) is 12.3 Å². The average molecular weight is 444 g/mol. The van der Waals surface area contributed by atoms with Crippen molar-refractivity contribution in [3.05, 3.63) is 29.5 Å². The molecule has 3 unspecified atom stereocenters. The molecule has 2 amide bonds. The summed E-state index contributed by atoms with van der Waals surface area (Å²) in [4.78, 5) is 31.8. The zero-order chi connectivity index (χ0) is 23.8. The maximum atomic E-state index is 13.5. The SMILES string of the molecule is CC.COc1ccc2c3c([nH]c2c1)C(CC(C)C)N1C(=O)C(CC(C)(C)O)NC(=O)C1C3. The van der Waals surface area contributed by atoms with Gasteiger partial charge in [0.15, 0.2) is 0 Å². The summed E-state index contributed by atoms with van der Waals surface area (Å²) >= 11 is 0. The standard InChI is InChI=1S/C23H31N3O4.C2H6/c1-12(2)8-18-20-15(14-7-6-13(30-5)9-16(14)24-20)10-19-21(27)25-17(11-23(3,4)29)22(28)26(18)19;1-2/h6-7,9,12,17-19,24,29H,8,10-11H2,1-5H3,(H,25,27);1-2H3. The van der Waals surface area contributed by atoms with E-state index in [0.717, 1.165) is 34.3 Å². The fraction of sp³-hybridized carbons (Fsp3) is 0.600. The Bertz CT molecular complexity index is 989. The number of piperazine rings is 1. The first-order valence-electron chi connectivity index (χ1n) is 11.6. The number of H-pyrrole nitrogens is 1. The number of nitrogens with one attached hydrogen (secondary N) is 2. The number of benzene rings is 1. The van der Waals surface area contributed by atoms with Crippen LogP contribution < -0.4 is 10.1 Å². The molecule has 176 valence electrons. The van der Waals surface area contributed by atoms with Gasteiger partial charge in [-0.3, -0.25) is 9.59 Å². The van der Waals surface area contributed by atoms with Crippen LogP contribution in [0.1, 0.15) is 71.7 Å². The molecular formula is C25H37N3O4. The molecule has 0 aliphatic carbocycles. The Hall–Kier alpha value is -2.54. The molecule has 3 atom stereocenters. The lowest BCUT2D eigenvalue weighted by Gasteiger charge is -2.47. The second kappa shape index (κ2) is 9.14. The zero-order valence-electron chi connectivity index (χ0n) is 20.3. The number of nitrogens with zero attached hydrogens (tertiary/aromatic N) is 1. The Morgan fingerprint density at radius 1 is 1.25 bits per heavy atom. The lowest BCUT2D eigenvalue weighted by molar-refractivity contribution is -0.155. The van der Waals surface area contributed by atoms with Crippen molar-refractivity contribution in [3.63, 3.8) is 0 Å². The van der Waals surface area contributed by atoms with Crippen LogP contribution in [0.25, 0.3) is 10.9 Å². The summed E-state index contributed by atoms with van der Waals surface area (Å²) < 4.78 is 5.36. The van der Waals surface area contributed by atoms with E-state index in [1.54, 1.807) is 25.9 Å². The maximum absolute atomic E-state index is 13.5. The molecule has 1 aromatic carbocycles. The first-order valence-corrected chi connectivity index (χ1v) is 11.6. The van der Waals surface area contributed by atoms with E-state index in [4.69, 9.17) is 4.74 Å². The van der Waals surface area contributed by atoms with Gasteiger partial charge in [0.05, 0.1) is 18.8 Å². The van der Waals surface area contributed by atoms with Gasteiger partial charge in [-0.05, 0) is 43.9 Å². The smallest absolute Gasteiger partial charge is 0.246 e. The first kappa shape index (κ1) is 24.1. The van der Waals surface area contributed by atoms with Crippen LogP contribution in [0.2, 0.25) is 0 Å². The molecule has 0 bridgehead atoms. The fourth-order valence-electron chi connectivity index (χ4n) is 4.89. The Morgan fingerprint density at radius 3 is 2.53 bits per heavy atom. The largest absolute Gasteiger partial charge is 0.497 e. The molecule has 3 N–H and O–H groups in total. The van der Waals surface area contributed by atoms with Gasteiger partial charge in [0.2, 0.25) is 11.8 Å². The molecule has 1 saturated heterocycles. The van der Waals surface area contributed by atoms with E-state index < -0.39 is 17.7 Å². The zero-order valence-corrected chi connectivity index (χ0v) is 20.3. The summed E-state index contributed by atoms with van der Waals surface area (Å²) in [5, 5.41) is 14.2. The minimum atomic E-state index is -1.05. The number of hydrogen-bond acceptors (Lipinski definition) is 4. The highest BCUT2D eigenvalue weighted by Gasteiger charge is 2.49. The molecule has 0 spiro atoms. The van der Waals surface area contributed by atoms with Gasteiger partial charge in [0.25, 0.3) is 0 Å². The summed E-state index contributed by atoms with van der Waals surface area (Å²) in [6.07, 6.45) is 1.41. The van der Waals surface area contributed by atoms with Gasteiger partial charge in [-0.25, -0.2) is 0 Å². The highest BCUT2D eigenvalue weighted by molar-refractivity contribution is 5.99. The highest BCUT2D eigenvalue weighted by atomic mass is 16.5. The predicted molar refractivity (Wildman–Crippen MR) is 126 cm³/mol. The Morgan fingerprint density at radius 2 is 1.94 bits per heavy atom. The number of ether oxygens (including phenoxy) is 1. The van der Waals surface area contributed by atoms with Crippen LogP contribution in [-0.4, -0.2) is 51.6 Å². The van der Waals surface area contributed by atoms with E-state index in [2.05, 4.69) is 24.1 Å². The molecule has 3 heterocycles. The van der Waals surface area contributed by atoms with Crippen LogP contribution in [0, 0.1) is 5.92 Å². The van der Waals surface area contributed by atoms with E-state index in [9.17, 15) is 14.7 Å². The van der Waals surface area contributed by atoms with Gasteiger partial charge in [-0.15, -0.1) is 0 Å². The van der Waals surface area contributed by atoms with Crippen molar-refractivity contribution in [2.45, 2.75) is 84.5 Å². The van der Waals surface area contributed by atoms with Crippen LogP contribution in [-0.2, 0) is 16.0 Å². The number of hydrogen-bond donors (Lipinski definition) is 3. The number of amides is 2. The van der Waals surface area contributed by atoms with Crippen molar-refractivity contribution in [2.75, 3.05) is 7.11 Å². The van der Waals surface area contributed by atoms with Crippen molar-refractivity contribution in [1.29, 1.82) is 0 Å². The van der Waals surface area contributed by atoms with Gasteiger partial charge in [0, 0.05) is 35.5 Å². The molecule has 2 aliphatic rings. The summed E-state index contributed by atoms with van der Waals surface area (Å²) in [5.74, 6) is 0.840. The third kappa shape index (κ3) is 4.49. The third-order valence-electron chi connectivity index (χ3n) is 6.12. The molecule has 1 fully saturated rings. The first-order chi connectivity index (χ1) is 15.1. The van der Waals surface area contributed by atoms with Crippen molar-refractivity contribution >= 4 is 22.7 Å². The summed E-state index contributed by atoms with van der Waals surface area (Å²) in [6, 6.07) is 4.44. The molecule has 7 heteroatoms. The lowest BCUT2D eigenvalue weighted by atomic mass is 9.84. The average Bonchev–Trinajstić information content (AvgIpc) is 3.09. The van der Waals surface area contributed by atoms with Crippen molar-refractivity contribution in [3.8, 4) is 5.75 Å². The number of aliphatic hydroxyl groups is 1. The second-order valence-electron chi connectivity index (χ2n) is 9.62. The van der Waals surface area contributed by atoms with Crippen LogP contribution in [0.5, 0.6) is 5.75 Å². The van der Waals surface area contributed by atoms with E-state index >= 15 is 0 Å². The number of rotatable bonds is 5. The van der Waals surface area contributed by atoms with Crippen LogP contribution in [0.15, 0.2) is 18.2 Å². The van der Waals surface area contributed by atoms with Gasteiger partial charge in [-0.2, -0.15) is 0 Å². The quantitative estimate of drug-likeness (QED) is 0.657.